The molecular weight excluding hydrogens is 331 g/mol. The summed E-state index contributed by atoms with van der Waals surface area (Å²) < 4.78 is 19.5. The lowest BCUT2D eigenvalue weighted by molar-refractivity contribution is -0.128. The first-order chi connectivity index (χ1) is 12.4. The van der Waals surface area contributed by atoms with E-state index in [1.165, 1.54) is 12.1 Å². The molecular formula is C21H25FN2O2. The van der Waals surface area contributed by atoms with Crippen LogP contribution in [0.1, 0.15) is 31.1 Å². The summed E-state index contributed by atoms with van der Waals surface area (Å²) in [4.78, 5) is 14.8. The summed E-state index contributed by atoms with van der Waals surface area (Å²) in [6.45, 7) is 7.07. The smallest absolute Gasteiger partial charge is 0.241 e. The van der Waals surface area contributed by atoms with Gasteiger partial charge in [-0.1, -0.05) is 36.4 Å². The molecule has 1 saturated heterocycles. The maximum atomic E-state index is 13.5. The average molecular weight is 356 g/mol. The van der Waals surface area contributed by atoms with E-state index >= 15 is 0 Å². The highest BCUT2D eigenvalue weighted by molar-refractivity contribution is 5.95. The molecule has 2 aromatic rings. The minimum absolute atomic E-state index is 0.0279. The van der Waals surface area contributed by atoms with Crippen molar-refractivity contribution in [3.05, 3.63) is 65.5 Å². The number of carbonyl (C=O) groups is 1. The SMILES string of the molecule is Cc1ccc(F)cc1NC(=O)C(C)N1CC(C)OC(c2ccccc2)C1. The standard InChI is InChI=1S/C21H25FN2O2/c1-14-9-10-18(22)11-19(14)23-21(25)16(3)24-12-15(2)26-20(13-24)17-7-5-4-6-8-17/h4-11,15-16,20H,12-13H2,1-3H3,(H,23,25). The first-order valence-electron chi connectivity index (χ1n) is 8.95. The first-order valence-corrected chi connectivity index (χ1v) is 8.95. The van der Waals surface area contributed by atoms with Crippen molar-refractivity contribution in [2.24, 2.45) is 0 Å². The topological polar surface area (TPSA) is 41.6 Å². The van der Waals surface area contributed by atoms with Crippen molar-refractivity contribution >= 4 is 11.6 Å². The molecule has 0 radical (unpaired) electrons. The lowest BCUT2D eigenvalue weighted by Gasteiger charge is -2.39. The zero-order valence-electron chi connectivity index (χ0n) is 15.4. The summed E-state index contributed by atoms with van der Waals surface area (Å²) in [5, 5.41) is 2.86. The molecule has 4 nitrogen and oxygen atoms in total. The number of halogens is 1. The lowest BCUT2D eigenvalue weighted by Crippen LogP contribution is -2.51. The Morgan fingerprint density at radius 3 is 2.69 bits per heavy atom. The number of amides is 1. The second kappa shape index (κ2) is 7.98. The summed E-state index contributed by atoms with van der Waals surface area (Å²) in [6.07, 6.45) is -0.0359. The molecule has 1 aliphatic heterocycles. The van der Waals surface area contributed by atoms with E-state index in [4.69, 9.17) is 4.74 Å². The molecule has 0 saturated carbocycles. The van der Waals surface area contributed by atoms with Crippen molar-refractivity contribution in [1.82, 2.24) is 4.90 Å². The molecule has 1 heterocycles. The van der Waals surface area contributed by atoms with Crippen LogP contribution in [0.3, 0.4) is 0 Å². The Labute approximate surface area is 154 Å². The number of rotatable bonds is 4. The Kier molecular flexibility index (Phi) is 5.69. The largest absolute Gasteiger partial charge is 0.368 e. The molecule has 5 heteroatoms. The van der Waals surface area contributed by atoms with Crippen LogP contribution in [0.2, 0.25) is 0 Å². The monoisotopic (exact) mass is 356 g/mol. The van der Waals surface area contributed by atoms with Crippen LogP contribution < -0.4 is 5.32 Å². The highest BCUT2D eigenvalue weighted by Crippen LogP contribution is 2.26. The van der Waals surface area contributed by atoms with Crippen molar-refractivity contribution in [2.45, 2.75) is 39.0 Å². The number of carbonyl (C=O) groups excluding carboxylic acids is 1. The molecule has 3 unspecified atom stereocenters. The van der Waals surface area contributed by atoms with Gasteiger partial charge in [-0.15, -0.1) is 0 Å². The molecule has 3 atom stereocenters. The molecule has 0 spiro atoms. The van der Waals surface area contributed by atoms with Crippen LogP contribution in [-0.2, 0) is 9.53 Å². The molecule has 138 valence electrons. The minimum Gasteiger partial charge on any atom is -0.368 e. The van der Waals surface area contributed by atoms with Gasteiger partial charge in [-0.25, -0.2) is 4.39 Å². The van der Waals surface area contributed by atoms with Gasteiger partial charge in [-0.3, -0.25) is 9.69 Å². The van der Waals surface area contributed by atoms with Gasteiger partial charge in [-0.2, -0.15) is 0 Å². The summed E-state index contributed by atoms with van der Waals surface area (Å²) in [7, 11) is 0. The first kappa shape index (κ1) is 18.5. The second-order valence-corrected chi connectivity index (χ2v) is 6.92. The Balaban J connectivity index is 1.70. The van der Waals surface area contributed by atoms with Crippen molar-refractivity contribution in [1.29, 1.82) is 0 Å². The Hall–Kier alpha value is -2.24. The summed E-state index contributed by atoms with van der Waals surface area (Å²) in [6, 6.07) is 14.1. The van der Waals surface area contributed by atoms with Crippen LogP contribution in [0.15, 0.2) is 48.5 Å². The molecule has 3 rings (SSSR count). The van der Waals surface area contributed by atoms with E-state index in [9.17, 15) is 9.18 Å². The Morgan fingerprint density at radius 1 is 1.23 bits per heavy atom. The van der Waals surface area contributed by atoms with Gasteiger partial charge < -0.3 is 10.1 Å². The van der Waals surface area contributed by atoms with Crippen LogP contribution in [0.5, 0.6) is 0 Å². The van der Waals surface area contributed by atoms with Crippen LogP contribution in [0, 0.1) is 12.7 Å². The molecule has 1 N–H and O–H groups in total. The zero-order chi connectivity index (χ0) is 18.7. The van der Waals surface area contributed by atoms with Crippen molar-refractivity contribution in [2.75, 3.05) is 18.4 Å². The number of ether oxygens (including phenoxy) is 1. The number of benzene rings is 2. The number of nitrogens with zero attached hydrogens (tertiary/aromatic N) is 1. The van der Waals surface area contributed by atoms with Gasteiger partial charge in [-0.05, 0) is 44.0 Å². The molecule has 1 fully saturated rings. The van der Waals surface area contributed by atoms with Crippen LogP contribution in [0.4, 0.5) is 10.1 Å². The summed E-state index contributed by atoms with van der Waals surface area (Å²) >= 11 is 0. The number of morpholine rings is 1. The van der Waals surface area contributed by atoms with E-state index in [0.717, 1.165) is 11.1 Å². The average Bonchev–Trinajstić information content (AvgIpc) is 2.64. The highest BCUT2D eigenvalue weighted by atomic mass is 19.1. The van der Waals surface area contributed by atoms with E-state index in [1.807, 2.05) is 51.1 Å². The van der Waals surface area contributed by atoms with Crippen LogP contribution in [-0.4, -0.2) is 36.0 Å². The zero-order valence-corrected chi connectivity index (χ0v) is 15.4. The second-order valence-electron chi connectivity index (χ2n) is 6.92. The molecule has 1 amide bonds. The van der Waals surface area contributed by atoms with Gasteiger partial charge in [0.25, 0.3) is 0 Å². The molecule has 0 bridgehead atoms. The quantitative estimate of drug-likeness (QED) is 0.903. The van der Waals surface area contributed by atoms with E-state index in [2.05, 4.69) is 10.2 Å². The van der Waals surface area contributed by atoms with Crippen molar-refractivity contribution in [3.8, 4) is 0 Å². The van der Waals surface area contributed by atoms with Crippen LogP contribution in [0.25, 0.3) is 0 Å². The summed E-state index contributed by atoms with van der Waals surface area (Å²) in [5.74, 6) is -0.498. The van der Waals surface area contributed by atoms with E-state index in [0.29, 0.717) is 18.8 Å². The third-order valence-corrected chi connectivity index (χ3v) is 4.84. The fraction of sp³-hybridized carbons (Fsp3) is 0.381. The number of nitrogens with one attached hydrogen (secondary N) is 1. The number of hydrogen-bond acceptors (Lipinski definition) is 3. The van der Waals surface area contributed by atoms with E-state index in [1.54, 1.807) is 6.07 Å². The molecule has 0 aliphatic carbocycles. The van der Waals surface area contributed by atoms with Gasteiger partial charge in [0, 0.05) is 18.8 Å². The lowest BCUT2D eigenvalue weighted by atomic mass is 10.0. The molecule has 1 aliphatic rings. The number of anilines is 1. The predicted molar refractivity (Wildman–Crippen MR) is 101 cm³/mol. The maximum Gasteiger partial charge on any atom is 0.241 e. The predicted octanol–water partition coefficient (Wildman–Crippen LogP) is 3.92. The van der Waals surface area contributed by atoms with Crippen molar-refractivity contribution < 1.29 is 13.9 Å². The Bertz CT molecular complexity index is 766. The van der Waals surface area contributed by atoms with E-state index < -0.39 is 0 Å². The van der Waals surface area contributed by atoms with Gasteiger partial charge in [0.05, 0.1) is 18.2 Å². The normalized spacial score (nSPS) is 22.0. The number of hydrogen-bond donors (Lipinski definition) is 1. The number of aryl methyl sites for hydroxylation is 1. The van der Waals surface area contributed by atoms with Crippen LogP contribution >= 0.6 is 0 Å². The highest BCUT2D eigenvalue weighted by Gasteiger charge is 2.32. The van der Waals surface area contributed by atoms with Gasteiger partial charge in [0.15, 0.2) is 0 Å². The minimum atomic E-state index is -0.359. The van der Waals surface area contributed by atoms with Gasteiger partial charge in [0.2, 0.25) is 5.91 Å². The maximum absolute atomic E-state index is 13.5. The molecule has 26 heavy (non-hydrogen) atoms. The fourth-order valence-corrected chi connectivity index (χ4v) is 3.28. The van der Waals surface area contributed by atoms with Crippen molar-refractivity contribution in [3.63, 3.8) is 0 Å². The van der Waals surface area contributed by atoms with Gasteiger partial charge >= 0.3 is 0 Å². The Morgan fingerprint density at radius 2 is 1.96 bits per heavy atom. The summed E-state index contributed by atoms with van der Waals surface area (Å²) in [5.41, 5.74) is 2.46. The fourth-order valence-electron chi connectivity index (χ4n) is 3.28. The third-order valence-electron chi connectivity index (χ3n) is 4.84. The third kappa shape index (κ3) is 4.29. The van der Waals surface area contributed by atoms with Gasteiger partial charge in [0.1, 0.15) is 5.82 Å². The molecule has 2 aromatic carbocycles. The van der Waals surface area contributed by atoms with E-state index in [-0.39, 0.29) is 30.0 Å². The molecule has 0 aromatic heterocycles.